The third-order valence-electron chi connectivity index (χ3n) is 4.26. The molecule has 2 heterocycles. The molecule has 5 nitrogen and oxygen atoms in total. The van der Waals surface area contributed by atoms with Crippen LogP contribution < -0.4 is 10.6 Å². The lowest BCUT2D eigenvalue weighted by Crippen LogP contribution is -2.48. The summed E-state index contributed by atoms with van der Waals surface area (Å²) in [7, 11) is 0. The molecule has 2 fully saturated rings. The number of hydrogen-bond donors (Lipinski definition) is 3. The monoisotopic (exact) mass is 320 g/mol. The molecule has 21 heavy (non-hydrogen) atoms. The van der Waals surface area contributed by atoms with Gasteiger partial charge in [-0.2, -0.15) is 0 Å². The Morgan fingerprint density at radius 2 is 2.14 bits per heavy atom. The zero-order chi connectivity index (χ0) is 14.8. The van der Waals surface area contributed by atoms with Crippen molar-refractivity contribution in [1.29, 1.82) is 0 Å². The van der Waals surface area contributed by atoms with Gasteiger partial charge in [-0.3, -0.25) is 4.79 Å². The molecule has 6 heteroatoms. The highest BCUT2D eigenvalue weighted by molar-refractivity contribution is 5.85. The molecule has 0 aromatic heterocycles. The molecule has 2 saturated heterocycles. The zero-order valence-corrected chi connectivity index (χ0v) is 14.0. The van der Waals surface area contributed by atoms with Crippen LogP contribution in [-0.2, 0) is 9.53 Å². The molecule has 2 aliphatic rings. The Labute approximate surface area is 133 Å². The van der Waals surface area contributed by atoms with E-state index in [0.717, 1.165) is 19.4 Å². The maximum atomic E-state index is 12.1. The van der Waals surface area contributed by atoms with Crippen molar-refractivity contribution >= 4 is 18.3 Å². The molecule has 124 valence electrons. The number of hydrogen-bond acceptors (Lipinski definition) is 4. The summed E-state index contributed by atoms with van der Waals surface area (Å²) in [5, 5.41) is 15.5. The molecule has 2 aliphatic heterocycles. The number of β-amino-alcohol motifs (C(OH)–C–C–N with tert-alkyl or cyclic N) is 1. The molecule has 1 amide bonds. The SMILES string of the molecule is CC(C)(C)C1OCCCC1CNC(=O)C1CC(O)CN1.Cl. The molecule has 4 unspecified atom stereocenters. The minimum absolute atomic E-state index is 0. The summed E-state index contributed by atoms with van der Waals surface area (Å²) in [6.45, 7) is 8.55. The fraction of sp³-hybridized carbons (Fsp3) is 0.933. The Bertz CT molecular complexity index is 346. The van der Waals surface area contributed by atoms with E-state index >= 15 is 0 Å². The number of amides is 1. The Balaban J connectivity index is 0.00000220. The Hall–Kier alpha value is -0.360. The van der Waals surface area contributed by atoms with Crippen LogP contribution in [0, 0.1) is 11.3 Å². The summed E-state index contributed by atoms with van der Waals surface area (Å²) >= 11 is 0. The van der Waals surface area contributed by atoms with Crippen LogP contribution in [0.2, 0.25) is 0 Å². The van der Waals surface area contributed by atoms with E-state index in [2.05, 4.69) is 31.4 Å². The molecule has 3 N–H and O–H groups in total. The first-order valence-corrected chi connectivity index (χ1v) is 7.68. The first-order valence-electron chi connectivity index (χ1n) is 7.68. The molecule has 0 aliphatic carbocycles. The van der Waals surface area contributed by atoms with Crippen molar-refractivity contribution < 1.29 is 14.6 Å². The van der Waals surface area contributed by atoms with Crippen molar-refractivity contribution in [3.05, 3.63) is 0 Å². The second kappa shape index (κ2) is 7.77. The van der Waals surface area contributed by atoms with E-state index in [4.69, 9.17) is 4.74 Å². The first kappa shape index (κ1) is 18.7. The van der Waals surface area contributed by atoms with Gasteiger partial charge in [0.05, 0.1) is 18.2 Å². The maximum absolute atomic E-state index is 12.1. The standard InChI is InChI=1S/C15H28N2O3.ClH/c1-15(2,3)13-10(5-4-6-20-13)8-17-14(19)12-7-11(18)9-16-12;/h10-13,16,18H,4-9H2,1-3H3,(H,17,19);1H. The van der Waals surface area contributed by atoms with Gasteiger partial charge in [-0.25, -0.2) is 0 Å². The van der Waals surface area contributed by atoms with Gasteiger partial charge in [0.15, 0.2) is 0 Å². The summed E-state index contributed by atoms with van der Waals surface area (Å²) in [6.07, 6.45) is 2.47. The third kappa shape index (κ3) is 5.09. The fourth-order valence-electron chi connectivity index (χ4n) is 3.28. The number of aliphatic hydroxyl groups excluding tert-OH is 1. The Kier molecular flexibility index (Phi) is 6.91. The van der Waals surface area contributed by atoms with Crippen LogP contribution in [0.5, 0.6) is 0 Å². The summed E-state index contributed by atoms with van der Waals surface area (Å²) in [6, 6.07) is -0.248. The van der Waals surface area contributed by atoms with E-state index in [9.17, 15) is 9.90 Å². The lowest BCUT2D eigenvalue weighted by atomic mass is 9.78. The van der Waals surface area contributed by atoms with Crippen molar-refractivity contribution in [2.45, 2.75) is 58.3 Å². The second-order valence-electron chi connectivity index (χ2n) is 7.16. The van der Waals surface area contributed by atoms with E-state index in [1.165, 1.54) is 0 Å². The number of aliphatic hydroxyl groups is 1. The van der Waals surface area contributed by atoms with Gasteiger partial charge in [0.25, 0.3) is 0 Å². The Morgan fingerprint density at radius 1 is 1.43 bits per heavy atom. The minimum Gasteiger partial charge on any atom is -0.392 e. The highest BCUT2D eigenvalue weighted by Crippen LogP contribution is 2.33. The van der Waals surface area contributed by atoms with Crippen molar-refractivity contribution in [2.24, 2.45) is 11.3 Å². The average Bonchev–Trinajstić information content (AvgIpc) is 2.82. The highest BCUT2D eigenvalue weighted by atomic mass is 35.5. The van der Waals surface area contributed by atoms with Crippen molar-refractivity contribution in [1.82, 2.24) is 10.6 Å². The molecular formula is C15H29ClN2O3. The van der Waals surface area contributed by atoms with Crippen LogP contribution >= 0.6 is 12.4 Å². The average molecular weight is 321 g/mol. The number of halogens is 1. The molecule has 0 radical (unpaired) electrons. The van der Waals surface area contributed by atoms with E-state index < -0.39 is 6.10 Å². The maximum Gasteiger partial charge on any atom is 0.237 e. The van der Waals surface area contributed by atoms with E-state index in [0.29, 0.717) is 25.4 Å². The van der Waals surface area contributed by atoms with Gasteiger partial charge in [-0.15, -0.1) is 12.4 Å². The van der Waals surface area contributed by atoms with Gasteiger partial charge in [0, 0.05) is 25.6 Å². The topological polar surface area (TPSA) is 70.6 Å². The van der Waals surface area contributed by atoms with Crippen molar-refractivity contribution in [3.63, 3.8) is 0 Å². The van der Waals surface area contributed by atoms with Gasteiger partial charge in [0.2, 0.25) is 5.91 Å². The first-order chi connectivity index (χ1) is 9.38. The lowest BCUT2D eigenvalue weighted by Gasteiger charge is -2.40. The van der Waals surface area contributed by atoms with Crippen LogP contribution in [0.3, 0.4) is 0 Å². The molecule has 0 bridgehead atoms. The van der Waals surface area contributed by atoms with Gasteiger partial charge in [-0.1, -0.05) is 20.8 Å². The summed E-state index contributed by atoms with van der Waals surface area (Å²) in [5.74, 6) is 0.374. The van der Waals surface area contributed by atoms with Crippen molar-refractivity contribution in [3.8, 4) is 0 Å². The van der Waals surface area contributed by atoms with Crippen LogP contribution in [0.4, 0.5) is 0 Å². The number of ether oxygens (including phenoxy) is 1. The zero-order valence-electron chi connectivity index (χ0n) is 13.2. The van der Waals surface area contributed by atoms with Crippen LogP contribution in [0.1, 0.15) is 40.0 Å². The highest BCUT2D eigenvalue weighted by Gasteiger charge is 2.36. The molecule has 0 aromatic rings. The largest absolute Gasteiger partial charge is 0.392 e. The summed E-state index contributed by atoms with van der Waals surface area (Å²) in [4.78, 5) is 12.1. The van der Waals surface area contributed by atoms with Crippen LogP contribution in [-0.4, -0.2) is 49.0 Å². The Morgan fingerprint density at radius 3 is 2.71 bits per heavy atom. The van der Waals surface area contributed by atoms with Crippen molar-refractivity contribution in [2.75, 3.05) is 19.7 Å². The number of carbonyl (C=O) groups is 1. The van der Waals surface area contributed by atoms with Gasteiger partial charge in [-0.05, 0) is 24.7 Å². The normalized spacial score (nSPS) is 33.3. The molecule has 2 rings (SSSR count). The van der Waals surface area contributed by atoms with Gasteiger partial charge in [0.1, 0.15) is 0 Å². The summed E-state index contributed by atoms with van der Waals surface area (Å²) < 4.78 is 5.92. The molecule has 0 spiro atoms. The molecule has 0 aromatic carbocycles. The summed E-state index contributed by atoms with van der Waals surface area (Å²) in [5.41, 5.74) is 0.0949. The number of rotatable bonds is 3. The predicted octanol–water partition coefficient (Wildman–Crippen LogP) is 1.09. The van der Waals surface area contributed by atoms with E-state index in [1.807, 2.05) is 0 Å². The molecular weight excluding hydrogens is 292 g/mol. The quantitative estimate of drug-likeness (QED) is 0.728. The third-order valence-corrected chi connectivity index (χ3v) is 4.26. The van der Waals surface area contributed by atoms with E-state index in [-0.39, 0.29) is 35.9 Å². The minimum atomic E-state index is -0.397. The van der Waals surface area contributed by atoms with Gasteiger partial charge < -0.3 is 20.5 Å². The predicted molar refractivity (Wildman–Crippen MR) is 84.6 cm³/mol. The second-order valence-corrected chi connectivity index (χ2v) is 7.16. The van der Waals surface area contributed by atoms with Crippen LogP contribution in [0.25, 0.3) is 0 Å². The van der Waals surface area contributed by atoms with E-state index in [1.54, 1.807) is 0 Å². The molecule has 0 saturated carbocycles. The molecule has 4 atom stereocenters. The van der Waals surface area contributed by atoms with Gasteiger partial charge >= 0.3 is 0 Å². The fourth-order valence-corrected chi connectivity index (χ4v) is 3.28. The number of carbonyl (C=O) groups excluding carboxylic acids is 1. The van der Waals surface area contributed by atoms with Crippen LogP contribution in [0.15, 0.2) is 0 Å². The lowest BCUT2D eigenvalue weighted by molar-refractivity contribution is -0.124. The smallest absolute Gasteiger partial charge is 0.237 e. The number of nitrogens with one attached hydrogen (secondary N) is 2.